The highest BCUT2D eigenvalue weighted by Gasteiger charge is 2.41. The molecule has 1 atom stereocenters. The van der Waals surface area contributed by atoms with Gasteiger partial charge in [-0.05, 0) is 48.7 Å². The molecule has 2 amide bonds. The third-order valence-electron chi connectivity index (χ3n) is 4.26. The number of benzene rings is 2. The van der Waals surface area contributed by atoms with Crippen molar-refractivity contribution in [3.05, 3.63) is 46.9 Å². The Morgan fingerprint density at radius 2 is 1.89 bits per heavy atom. The van der Waals surface area contributed by atoms with Gasteiger partial charge in [0.05, 0.1) is 18.6 Å². The normalized spacial score (nSPS) is 16.9. The molecular weight excluding hydrogens is 366 g/mol. The number of imide groups is 1. The number of hydrogen-bond acceptors (Lipinski definition) is 6. The summed E-state index contributed by atoms with van der Waals surface area (Å²) >= 11 is 0.815. The van der Waals surface area contributed by atoms with Crippen LogP contribution in [0, 0.1) is 0 Å². The Hall–Kier alpha value is -2.80. The number of esters is 1. The first-order valence-electron chi connectivity index (χ1n) is 8.47. The standard InChI is InChI=1S/C20H19NO5S/c1-4-26-16-10-9-13(14-7-5-6-8-15(14)16)11-17-18(22)21(20(24)27-17)12(2)19(23)25-3/h5-12H,4H2,1-3H3/b17-11+/t12-/m0/s1. The Balaban J connectivity index is 2.00. The van der Waals surface area contributed by atoms with Gasteiger partial charge in [0.15, 0.2) is 0 Å². The van der Waals surface area contributed by atoms with Gasteiger partial charge in [-0.2, -0.15) is 0 Å². The lowest BCUT2D eigenvalue weighted by Gasteiger charge is -2.18. The molecule has 2 aromatic rings. The molecular formula is C20H19NO5S. The van der Waals surface area contributed by atoms with Gasteiger partial charge in [0.25, 0.3) is 11.1 Å². The van der Waals surface area contributed by atoms with Crippen LogP contribution >= 0.6 is 11.8 Å². The molecule has 1 fully saturated rings. The maximum Gasteiger partial charge on any atom is 0.328 e. The Morgan fingerprint density at radius 1 is 1.19 bits per heavy atom. The van der Waals surface area contributed by atoms with Crippen molar-refractivity contribution < 1.29 is 23.9 Å². The lowest BCUT2D eigenvalue weighted by atomic mass is 10.0. The molecule has 3 rings (SSSR count). The molecule has 1 aliphatic heterocycles. The van der Waals surface area contributed by atoms with Crippen LogP contribution in [0.5, 0.6) is 5.75 Å². The van der Waals surface area contributed by atoms with Gasteiger partial charge in [0, 0.05) is 5.39 Å². The first kappa shape index (κ1) is 19.0. The summed E-state index contributed by atoms with van der Waals surface area (Å²) in [5.74, 6) is -0.372. The second kappa shape index (κ2) is 7.84. The van der Waals surface area contributed by atoms with E-state index in [9.17, 15) is 14.4 Å². The van der Waals surface area contributed by atoms with E-state index in [2.05, 4.69) is 4.74 Å². The van der Waals surface area contributed by atoms with Crippen molar-refractivity contribution in [3.63, 3.8) is 0 Å². The van der Waals surface area contributed by atoms with E-state index in [1.165, 1.54) is 14.0 Å². The van der Waals surface area contributed by atoms with Crippen LogP contribution in [0.4, 0.5) is 4.79 Å². The van der Waals surface area contributed by atoms with E-state index >= 15 is 0 Å². The first-order chi connectivity index (χ1) is 13.0. The van der Waals surface area contributed by atoms with Crippen LogP contribution in [-0.2, 0) is 14.3 Å². The van der Waals surface area contributed by atoms with Gasteiger partial charge in [0.2, 0.25) is 0 Å². The molecule has 7 heteroatoms. The number of carbonyl (C=O) groups excluding carboxylic acids is 3. The van der Waals surface area contributed by atoms with E-state index in [0.717, 1.165) is 38.7 Å². The number of ether oxygens (including phenoxy) is 2. The van der Waals surface area contributed by atoms with E-state index < -0.39 is 23.2 Å². The molecule has 0 aromatic heterocycles. The summed E-state index contributed by atoms with van der Waals surface area (Å²) in [6.07, 6.45) is 1.67. The van der Waals surface area contributed by atoms with Crippen LogP contribution in [0.15, 0.2) is 41.3 Å². The zero-order valence-electron chi connectivity index (χ0n) is 15.2. The summed E-state index contributed by atoms with van der Waals surface area (Å²) in [5.41, 5.74) is 0.797. The van der Waals surface area contributed by atoms with Crippen LogP contribution in [0.1, 0.15) is 19.4 Å². The molecule has 27 heavy (non-hydrogen) atoms. The van der Waals surface area contributed by atoms with Crippen LogP contribution in [-0.4, -0.2) is 41.8 Å². The topological polar surface area (TPSA) is 72.9 Å². The lowest BCUT2D eigenvalue weighted by molar-refractivity contribution is -0.148. The molecule has 0 N–H and O–H groups in total. The number of thioether (sulfide) groups is 1. The summed E-state index contributed by atoms with van der Waals surface area (Å²) < 4.78 is 10.3. The van der Waals surface area contributed by atoms with Crippen molar-refractivity contribution in [2.45, 2.75) is 19.9 Å². The molecule has 0 bridgehead atoms. The van der Waals surface area contributed by atoms with Gasteiger partial charge in [-0.3, -0.25) is 14.5 Å². The fourth-order valence-electron chi connectivity index (χ4n) is 2.93. The van der Waals surface area contributed by atoms with Crippen molar-refractivity contribution in [2.75, 3.05) is 13.7 Å². The minimum absolute atomic E-state index is 0.269. The van der Waals surface area contributed by atoms with E-state index in [1.54, 1.807) is 6.08 Å². The van der Waals surface area contributed by atoms with Crippen LogP contribution in [0.2, 0.25) is 0 Å². The van der Waals surface area contributed by atoms with E-state index in [0.29, 0.717) is 6.61 Å². The van der Waals surface area contributed by atoms with Gasteiger partial charge < -0.3 is 9.47 Å². The highest BCUT2D eigenvalue weighted by Crippen LogP contribution is 2.36. The quantitative estimate of drug-likeness (QED) is 0.575. The molecule has 140 valence electrons. The SMILES string of the molecule is CCOc1ccc(/C=C2/SC(=O)N([C@@H](C)C(=O)OC)C2=O)c2ccccc12. The highest BCUT2D eigenvalue weighted by molar-refractivity contribution is 8.18. The molecule has 0 unspecified atom stereocenters. The number of carbonyl (C=O) groups is 3. The van der Waals surface area contributed by atoms with E-state index in [4.69, 9.17) is 4.74 Å². The smallest absolute Gasteiger partial charge is 0.328 e. The molecule has 2 aromatic carbocycles. The molecule has 1 saturated heterocycles. The summed E-state index contributed by atoms with van der Waals surface area (Å²) in [5, 5.41) is 1.35. The van der Waals surface area contributed by atoms with Gasteiger partial charge >= 0.3 is 5.97 Å². The molecule has 1 aliphatic rings. The summed E-state index contributed by atoms with van der Waals surface area (Å²) in [7, 11) is 1.22. The average Bonchev–Trinajstić information content (AvgIpc) is 2.95. The fraction of sp³-hybridized carbons (Fsp3) is 0.250. The highest BCUT2D eigenvalue weighted by atomic mass is 32.2. The molecule has 6 nitrogen and oxygen atoms in total. The predicted molar refractivity (Wildman–Crippen MR) is 104 cm³/mol. The fourth-order valence-corrected chi connectivity index (χ4v) is 3.83. The number of methoxy groups -OCH3 is 1. The van der Waals surface area contributed by atoms with Gasteiger partial charge in [-0.25, -0.2) is 4.79 Å². The van der Waals surface area contributed by atoms with Crippen molar-refractivity contribution in [3.8, 4) is 5.75 Å². The minimum Gasteiger partial charge on any atom is -0.493 e. The summed E-state index contributed by atoms with van der Waals surface area (Å²) in [6, 6.07) is 10.4. The number of nitrogens with zero attached hydrogens (tertiary/aromatic N) is 1. The minimum atomic E-state index is -0.967. The third kappa shape index (κ3) is 3.55. The second-order valence-corrected chi connectivity index (χ2v) is 6.88. The Kier molecular flexibility index (Phi) is 5.51. The van der Waals surface area contributed by atoms with Crippen molar-refractivity contribution in [1.29, 1.82) is 0 Å². The molecule has 1 heterocycles. The third-order valence-corrected chi connectivity index (χ3v) is 5.14. The van der Waals surface area contributed by atoms with Crippen molar-refractivity contribution in [2.24, 2.45) is 0 Å². The number of fused-ring (bicyclic) bond motifs is 1. The van der Waals surface area contributed by atoms with Crippen molar-refractivity contribution >= 4 is 45.7 Å². The first-order valence-corrected chi connectivity index (χ1v) is 9.29. The molecule has 0 spiro atoms. The van der Waals surface area contributed by atoms with E-state index in [-0.39, 0.29) is 4.91 Å². The largest absolute Gasteiger partial charge is 0.493 e. The molecule has 0 radical (unpaired) electrons. The molecule has 0 saturated carbocycles. The van der Waals surface area contributed by atoms with E-state index in [1.807, 2.05) is 43.3 Å². The maximum absolute atomic E-state index is 12.7. The molecule has 0 aliphatic carbocycles. The Bertz CT molecular complexity index is 953. The summed E-state index contributed by atoms with van der Waals surface area (Å²) in [4.78, 5) is 37.8. The predicted octanol–water partition coefficient (Wildman–Crippen LogP) is 3.84. The van der Waals surface area contributed by atoms with Crippen LogP contribution in [0.25, 0.3) is 16.8 Å². The summed E-state index contributed by atoms with van der Waals surface area (Å²) in [6.45, 7) is 3.94. The Morgan fingerprint density at radius 3 is 2.56 bits per heavy atom. The zero-order chi connectivity index (χ0) is 19.6. The average molecular weight is 385 g/mol. The Labute approximate surface area is 161 Å². The van der Waals surface area contributed by atoms with Gasteiger partial charge in [0.1, 0.15) is 11.8 Å². The number of hydrogen-bond donors (Lipinski definition) is 0. The zero-order valence-corrected chi connectivity index (χ0v) is 16.0. The van der Waals surface area contributed by atoms with Crippen LogP contribution < -0.4 is 4.74 Å². The van der Waals surface area contributed by atoms with Gasteiger partial charge in [-0.1, -0.05) is 30.3 Å². The monoisotopic (exact) mass is 385 g/mol. The maximum atomic E-state index is 12.7. The number of amides is 2. The number of rotatable bonds is 5. The van der Waals surface area contributed by atoms with Crippen molar-refractivity contribution in [1.82, 2.24) is 4.90 Å². The van der Waals surface area contributed by atoms with Gasteiger partial charge in [-0.15, -0.1) is 0 Å². The lowest BCUT2D eigenvalue weighted by Crippen LogP contribution is -2.42. The van der Waals surface area contributed by atoms with Crippen LogP contribution in [0.3, 0.4) is 0 Å². The second-order valence-electron chi connectivity index (χ2n) is 5.88.